The number of rotatable bonds is 11. The standard InChI is InChI=1S/C24H34NO2P/c1-6-12-19-14-11-15-21(23(19)27-18-26-5)24(7-2,8-3)28-22-16-10-9-13-20(22)17-25-4/h9-11,13-17,28H,6-8,12,18H2,1-5H3/b25-17+. The van der Waals surface area contributed by atoms with E-state index < -0.39 is 0 Å². The lowest BCUT2D eigenvalue weighted by Gasteiger charge is -2.35. The molecular weight excluding hydrogens is 365 g/mol. The van der Waals surface area contributed by atoms with Crippen LogP contribution in [0.2, 0.25) is 0 Å². The average Bonchev–Trinajstić information content (AvgIpc) is 2.73. The molecule has 0 fully saturated rings. The summed E-state index contributed by atoms with van der Waals surface area (Å²) in [7, 11) is 4.15. The number of benzene rings is 2. The molecule has 0 aromatic heterocycles. The summed E-state index contributed by atoms with van der Waals surface area (Å²) in [5.74, 6) is 1.02. The third kappa shape index (κ3) is 5.21. The van der Waals surface area contributed by atoms with Crippen molar-refractivity contribution in [3.63, 3.8) is 0 Å². The Bertz CT molecular complexity index is 769. The SMILES string of the molecule is CCCc1cccc(C(CC)(CC)Pc2ccccc2/C=N/C)c1OCOC. The first-order chi connectivity index (χ1) is 13.7. The predicted octanol–water partition coefficient (Wildman–Crippen LogP) is 5.69. The lowest BCUT2D eigenvalue weighted by molar-refractivity contribution is 0.0492. The monoisotopic (exact) mass is 399 g/mol. The van der Waals surface area contributed by atoms with Crippen LogP contribution in [0.5, 0.6) is 5.75 Å². The van der Waals surface area contributed by atoms with Crippen molar-refractivity contribution in [2.75, 3.05) is 21.0 Å². The third-order valence-electron chi connectivity index (χ3n) is 5.26. The maximum absolute atomic E-state index is 6.15. The second kappa shape index (κ2) is 11.3. The number of aliphatic imine (C=N–C) groups is 1. The van der Waals surface area contributed by atoms with Crippen molar-refractivity contribution in [2.24, 2.45) is 4.99 Å². The molecule has 4 heteroatoms. The summed E-state index contributed by atoms with van der Waals surface area (Å²) in [4.78, 5) is 4.26. The topological polar surface area (TPSA) is 30.8 Å². The molecule has 0 heterocycles. The maximum Gasteiger partial charge on any atom is 0.188 e. The second-order valence-electron chi connectivity index (χ2n) is 6.98. The van der Waals surface area contributed by atoms with Gasteiger partial charge in [-0.15, -0.1) is 0 Å². The summed E-state index contributed by atoms with van der Waals surface area (Å²) in [5.41, 5.74) is 3.79. The van der Waals surface area contributed by atoms with Gasteiger partial charge in [0, 0.05) is 31.1 Å². The lowest BCUT2D eigenvalue weighted by Crippen LogP contribution is -2.24. The molecule has 0 aliphatic heterocycles. The minimum atomic E-state index is 0.0323. The van der Waals surface area contributed by atoms with Gasteiger partial charge in [-0.25, -0.2) is 0 Å². The summed E-state index contributed by atoms with van der Waals surface area (Å²) in [5, 5.41) is 1.39. The third-order valence-corrected chi connectivity index (χ3v) is 7.44. The molecule has 28 heavy (non-hydrogen) atoms. The molecule has 2 rings (SSSR count). The molecule has 0 amide bonds. The summed E-state index contributed by atoms with van der Waals surface area (Å²) in [6.45, 7) is 7.07. The first kappa shape index (κ1) is 22.6. The fourth-order valence-corrected chi connectivity index (χ4v) is 5.38. The Hall–Kier alpha value is -1.70. The van der Waals surface area contributed by atoms with E-state index in [1.807, 2.05) is 13.3 Å². The number of nitrogens with zero attached hydrogens (tertiary/aromatic N) is 1. The van der Waals surface area contributed by atoms with Crippen molar-refractivity contribution in [1.29, 1.82) is 0 Å². The van der Waals surface area contributed by atoms with Crippen LogP contribution in [-0.4, -0.2) is 27.2 Å². The van der Waals surface area contributed by atoms with Gasteiger partial charge in [-0.2, -0.15) is 0 Å². The van der Waals surface area contributed by atoms with Gasteiger partial charge in [0.05, 0.1) is 0 Å². The second-order valence-corrected chi connectivity index (χ2v) is 8.73. The normalized spacial score (nSPS) is 12.3. The van der Waals surface area contributed by atoms with Gasteiger partial charge < -0.3 is 9.47 Å². The van der Waals surface area contributed by atoms with Crippen molar-refractivity contribution in [3.8, 4) is 5.75 Å². The fraction of sp³-hybridized carbons (Fsp3) is 0.458. The number of methoxy groups -OCH3 is 1. The molecule has 0 saturated heterocycles. The molecule has 0 bridgehead atoms. The summed E-state index contributed by atoms with van der Waals surface area (Å²) in [6.07, 6.45) is 6.18. The highest BCUT2D eigenvalue weighted by Gasteiger charge is 2.33. The summed E-state index contributed by atoms with van der Waals surface area (Å²) < 4.78 is 11.4. The average molecular weight is 400 g/mol. The van der Waals surface area contributed by atoms with Gasteiger partial charge in [-0.3, -0.25) is 4.99 Å². The van der Waals surface area contributed by atoms with Crippen molar-refractivity contribution >= 4 is 20.1 Å². The van der Waals surface area contributed by atoms with Crippen LogP contribution in [-0.2, 0) is 16.3 Å². The van der Waals surface area contributed by atoms with Crippen LogP contribution in [0.4, 0.5) is 0 Å². The molecule has 152 valence electrons. The Labute approximate surface area is 172 Å². The van der Waals surface area contributed by atoms with E-state index in [4.69, 9.17) is 9.47 Å². The molecule has 0 N–H and O–H groups in total. The van der Waals surface area contributed by atoms with Gasteiger partial charge in [0.25, 0.3) is 0 Å². The Morgan fingerprint density at radius 1 is 1.04 bits per heavy atom. The molecule has 2 aromatic rings. The Balaban J connectivity index is 2.57. The van der Waals surface area contributed by atoms with Gasteiger partial charge in [-0.1, -0.05) is 78.2 Å². The van der Waals surface area contributed by atoms with E-state index in [0.717, 1.165) is 31.4 Å². The van der Waals surface area contributed by atoms with E-state index in [-0.39, 0.29) is 11.9 Å². The maximum atomic E-state index is 6.15. The minimum Gasteiger partial charge on any atom is -0.467 e. The molecule has 1 atom stereocenters. The smallest absolute Gasteiger partial charge is 0.188 e. The lowest BCUT2D eigenvalue weighted by atomic mass is 9.89. The van der Waals surface area contributed by atoms with E-state index in [1.165, 1.54) is 22.0 Å². The van der Waals surface area contributed by atoms with E-state index in [2.05, 4.69) is 68.2 Å². The van der Waals surface area contributed by atoms with E-state index in [1.54, 1.807) is 7.11 Å². The van der Waals surface area contributed by atoms with Gasteiger partial charge in [0.2, 0.25) is 0 Å². The zero-order valence-electron chi connectivity index (χ0n) is 17.9. The summed E-state index contributed by atoms with van der Waals surface area (Å²) >= 11 is 0. The highest BCUT2D eigenvalue weighted by molar-refractivity contribution is 7.48. The molecule has 0 spiro atoms. The minimum absolute atomic E-state index is 0.0323. The zero-order valence-corrected chi connectivity index (χ0v) is 18.9. The van der Waals surface area contributed by atoms with Crippen LogP contribution in [0.1, 0.15) is 56.7 Å². The van der Waals surface area contributed by atoms with E-state index in [9.17, 15) is 0 Å². The highest BCUT2D eigenvalue weighted by atomic mass is 31.1. The van der Waals surface area contributed by atoms with Crippen LogP contribution in [0.3, 0.4) is 0 Å². The van der Waals surface area contributed by atoms with Gasteiger partial charge in [0.1, 0.15) is 5.75 Å². The predicted molar refractivity (Wildman–Crippen MR) is 123 cm³/mol. The van der Waals surface area contributed by atoms with Crippen LogP contribution >= 0.6 is 8.58 Å². The zero-order chi connectivity index (χ0) is 20.4. The van der Waals surface area contributed by atoms with Crippen molar-refractivity contribution in [2.45, 2.75) is 51.6 Å². The molecule has 1 unspecified atom stereocenters. The van der Waals surface area contributed by atoms with Crippen molar-refractivity contribution in [1.82, 2.24) is 0 Å². The Morgan fingerprint density at radius 2 is 1.79 bits per heavy atom. The summed E-state index contributed by atoms with van der Waals surface area (Å²) in [6, 6.07) is 15.2. The van der Waals surface area contributed by atoms with Gasteiger partial charge in [0.15, 0.2) is 6.79 Å². The molecular formula is C24H34NO2P. The first-order valence-electron chi connectivity index (χ1n) is 10.2. The quantitative estimate of drug-likeness (QED) is 0.276. The molecule has 0 aliphatic rings. The van der Waals surface area contributed by atoms with Crippen LogP contribution in [0.15, 0.2) is 47.5 Å². The molecule has 0 saturated carbocycles. The van der Waals surface area contributed by atoms with Gasteiger partial charge >= 0.3 is 0 Å². The number of para-hydroxylation sites is 1. The number of ether oxygens (including phenoxy) is 2. The first-order valence-corrected chi connectivity index (χ1v) is 11.2. The Morgan fingerprint density at radius 3 is 2.43 bits per heavy atom. The number of aryl methyl sites for hydroxylation is 1. The Kier molecular flexibility index (Phi) is 9.15. The molecule has 3 nitrogen and oxygen atoms in total. The van der Waals surface area contributed by atoms with Crippen molar-refractivity contribution in [3.05, 3.63) is 59.2 Å². The molecule has 0 radical (unpaired) electrons. The number of hydrogen-bond acceptors (Lipinski definition) is 3. The van der Waals surface area contributed by atoms with Crippen LogP contribution in [0.25, 0.3) is 0 Å². The van der Waals surface area contributed by atoms with E-state index >= 15 is 0 Å². The fourth-order valence-electron chi connectivity index (χ4n) is 3.71. The van der Waals surface area contributed by atoms with Crippen LogP contribution in [0, 0.1) is 0 Å². The van der Waals surface area contributed by atoms with Crippen LogP contribution < -0.4 is 10.0 Å². The number of hydrogen-bond donors (Lipinski definition) is 0. The largest absolute Gasteiger partial charge is 0.467 e. The highest BCUT2D eigenvalue weighted by Crippen LogP contribution is 2.51. The molecule has 0 aliphatic carbocycles. The van der Waals surface area contributed by atoms with E-state index in [0.29, 0.717) is 8.58 Å². The van der Waals surface area contributed by atoms with Gasteiger partial charge in [-0.05, 0) is 35.7 Å². The van der Waals surface area contributed by atoms with Crippen molar-refractivity contribution < 1.29 is 9.47 Å². The molecule has 2 aromatic carbocycles.